The molecule has 0 bridgehead atoms. The molecular formula is C17H17F3IN3O4. The molecule has 0 heterocycles. The van der Waals surface area contributed by atoms with Crippen molar-refractivity contribution in [2.75, 3.05) is 25.6 Å². The topological polar surface area (TPSA) is 91.9 Å². The quantitative estimate of drug-likeness (QED) is 0.235. The zero-order valence-corrected chi connectivity index (χ0v) is 16.8. The van der Waals surface area contributed by atoms with Crippen molar-refractivity contribution >= 4 is 39.9 Å². The van der Waals surface area contributed by atoms with Crippen LogP contribution >= 0.6 is 22.6 Å². The Kier molecular flexibility index (Phi) is 8.44. The summed E-state index contributed by atoms with van der Waals surface area (Å²) in [6, 6.07) is 5.16. The lowest BCUT2D eigenvalue weighted by Crippen LogP contribution is -2.27. The Morgan fingerprint density at radius 2 is 1.96 bits per heavy atom. The second-order valence-corrected chi connectivity index (χ2v) is 6.61. The molecule has 0 saturated heterocycles. The Bertz CT molecular complexity index is 855. The van der Waals surface area contributed by atoms with Crippen molar-refractivity contribution in [3.8, 4) is 0 Å². The molecule has 0 saturated carbocycles. The predicted molar refractivity (Wildman–Crippen MR) is 103 cm³/mol. The number of rotatable bonds is 9. The van der Waals surface area contributed by atoms with E-state index in [9.17, 15) is 18.0 Å². The number of anilines is 2. The number of amides is 1. The minimum atomic E-state index is -1.37. The summed E-state index contributed by atoms with van der Waals surface area (Å²) < 4.78 is 43.8. The van der Waals surface area contributed by atoms with E-state index in [-0.39, 0.29) is 36.6 Å². The highest BCUT2D eigenvalue weighted by Crippen LogP contribution is 2.30. The van der Waals surface area contributed by atoms with Crippen molar-refractivity contribution in [2.24, 2.45) is 0 Å². The molecule has 0 aromatic heterocycles. The molecule has 0 aliphatic heterocycles. The molecular weight excluding hydrogens is 494 g/mol. The van der Waals surface area contributed by atoms with E-state index in [0.29, 0.717) is 3.57 Å². The summed E-state index contributed by atoms with van der Waals surface area (Å²) in [7, 11) is 1.29. The number of carbonyl (C=O) groups is 1. The second kappa shape index (κ2) is 10.6. The van der Waals surface area contributed by atoms with Crippen LogP contribution in [0.3, 0.4) is 0 Å². The number of aliphatic hydroxyl groups excluding tert-OH is 1. The minimum Gasteiger partial charge on any atom is -0.394 e. The fourth-order valence-corrected chi connectivity index (χ4v) is 2.65. The number of aliphatic hydroxyl groups is 1. The first-order valence-electron chi connectivity index (χ1n) is 7.90. The van der Waals surface area contributed by atoms with Crippen molar-refractivity contribution in [2.45, 2.75) is 6.54 Å². The molecule has 0 spiro atoms. The number of hydroxylamine groups is 2. The van der Waals surface area contributed by atoms with Gasteiger partial charge in [-0.05, 0) is 46.9 Å². The van der Waals surface area contributed by atoms with Gasteiger partial charge in [0, 0.05) is 15.7 Å². The van der Waals surface area contributed by atoms with Gasteiger partial charge >= 0.3 is 0 Å². The summed E-state index contributed by atoms with van der Waals surface area (Å²) in [6.45, 7) is -0.794. The Morgan fingerprint density at radius 3 is 2.61 bits per heavy atom. The molecule has 2 aromatic rings. The molecule has 11 heteroatoms. The van der Waals surface area contributed by atoms with Gasteiger partial charge in [-0.25, -0.2) is 18.7 Å². The van der Waals surface area contributed by atoms with Crippen LogP contribution in [0.15, 0.2) is 24.3 Å². The standard InChI is InChI=1S/C17H17F3IN3O4/c1-27-22-8-9-6-11(17(26)24-28-5-4-25)16(15(20)14(9)19)23-13-3-2-10(21)7-12(13)18/h2-3,6-7,22-23,25H,4-5,8H2,1H3,(H,24,26). The van der Waals surface area contributed by atoms with Gasteiger partial charge in [-0.2, -0.15) is 5.48 Å². The Labute approximate surface area is 172 Å². The smallest absolute Gasteiger partial charge is 0.277 e. The number of halogens is 4. The first kappa shape index (κ1) is 22.4. The maximum atomic E-state index is 14.7. The number of hydrogen-bond acceptors (Lipinski definition) is 6. The summed E-state index contributed by atoms with van der Waals surface area (Å²) in [5.74, 6) is -4.23. The fraction of sp³-hybridized carbons (Fsp3) is 0.235. The molecule has 0 unspecified atom stereocenters. The maximum Gasteiger partial charge on any atom is 0.277 e. The summed E-state index contributed by atoms with van der Waals surface area (Å²) in [5.41, 5.74) is 3.12. The van der Waals surface area contributed by atoms with E-state index in [4.69, 9.17) is 9.94 Å². The van der Waals surface area contributed by atoms with E-state index >= 15 is 0 Å². The van der Waals surface area contributed by atoms with Crippen LogP contribution in [-0.2, 0) is 16.2 Å². The van der Waals surface area contributed by atoms with Gasteiger partial charge in [-0.1, -0.05) is 0 Å². The van der Waals surface area contributed by atoms with Crippen LogP contribution in [0.5, 0.6) is 0 Å². The lowest BCUT2D eigenvalue weighted by molar-refractivity contribution is 0.0168. The number of benzene rings is 2. The van der Waals surface area contributed by atoms with E-state index in [0.717, 1.165) is 6.07 Å². The van der Waals surface area contributed by atoms with E-state index in [1.807, 2.05) is 28.1 Å². The van der Waals surface area contributed by atoms with Gasteiger partial charge in [0.15, 0.2) is 11.6 Å². The summed E-state index contributed by atoms with van der Waals surface area (Å²) in [5, 5.41) is 11.1. The fourth-order valence-electron chi connectivity index (χ4n) is 2.20. The number of hydrogen-bond donors (Lipinski definition) is 4. The Balaban J connectivity index is 2.47. The van der Waals surface area contributed by atoms with Crippen molar-refractivity contribution < 1.29 is 32.7 Å². The largest absolute Gasteiger partial charge is 0.394 e. The molecule has 2 aromatic carbocycles. The lowest BCUT2D eigenvalue weighted by Gasteiger charge is -2.16. The normalized spacial score (nSPS) is 10.8. The molecule has 152 valence electrons. The third kappa shape index (κ3) is 5.54. The minimum absolute atomic E-state index is 0.146. The molecule has 0 radical (unpaired) electrons. The van der Waals surface area contributed by atoms with Gasteiger partial charge in [0.25, 0.3) is 5.91 Å². The first-order chi connectivity index (χ1) is 13.4. The third-order valence-electron chi connectivity index (χ3n) is 3.48. The van der Waals surface area contributed by atoms with Crippen LogP contribution in [0, 0.1) is 21.0 Å². The van der Waals surface area contributed by atoms with Crippen LogP contribution in [0.1, 0.15) is 15.9 Å². The highest BCUT2D eigenvalue weighted by atomic mass is 127. The summed E-state index contributed by atoms with van der Waals surface area (Å²) in [6.07, 6.45) is 0. The molecule has 0 atom stereocenters. The van der Waals surface area contributed by atoms with Crippen molar-refractivity contribution in [1.82, 2.24) is 11.0 Å². The molecule has 2 rings (SSSR count). The van der Waals surface area contributed by atoms with Gasteiger partial charge in [-0.15, -0.1) is 0 Å². The van der Waals surface area contributed by atoms with Crippen molar-refractivity contribution in [3.05, 3.63) is 56.4 Å². The van der Waals surface area contributed by atoms with E-state index < -0.39 is 29.0 Å². The molecule has 0 aliphatic carbocycles. The van der Waals surface area contributed by atoms with Gasteiger partial charge in [0.2, 0.25) is 0 Å². The monoisotopic (exact) mass is 511 g/mol. The molecule has 1 amide bonds. The van der Waals surface area contributed by atoms with E-state index in [1.54, 1.807) is 6.07 Å². The van der Waals surface area contributed by atoms with Crippen LogP contribution in [0.4, 0.5) is 24.5 Å². The molecule has 0 aliphatic rings. The molecule has 7 nitrogen and oxygen atoms in total. The molecule has 28 heavy (non-hydrogen) atoms. The maximum absolute atomic E-state index is 14.7. The van der Waals surface area contributed by atoms with Crippen LogP contribution in [-0.4, -0.2) is 31.3 Å². The van der Waals surface area contributed by atoms with Gasteiger partial charge in [0.05, 0.1) is 37.3 Å². The van der Waals surface area contributed by atoms with Crippen molar-refractivity contribution in [3.63, 3.8) is 0 Å². The third-order valence-corrected chi connectivity index (χ3v) is 4.15. The average Bonchev–Trinajstić information content (AvgIpc) is 2.66. The van der Waals surface area contributed by atoms with Gasteiger partial charge < -0.3 is 15.3 Å². The second-order valence-electron chi connectivity index (χ2n) is 5.36. The SMILES string of the molecule is CONCc1cc(C(=O)NOCCO)c(Nc2ccc(I)cc2F)c(F)c1F. The highest BCUT2D eigenvalue weighted by molar-refractivity contribution is 14.1. The number of nitrogens with one attached hydrogen (secondary N) is 3. The first-order valence-corrected chi connectivity index (χ1v) is 8.98. The van der Waals surface area contributed by atoms with Crippen LogP contribution in [0.2, 0.25) is 0 Å². The lowest BCUT2D eigenvalue weighted by atomic mass is 10.1. The molecule has 4 N–H and O–H groups in total. The Hall–Kier alpha value is -1.93. The molecule has 0 fully saturated rings. The zero-order valence-electron chi connectivity index (χ0n) is 14.6. The van der Waals surface area contributed by atoms with E-state index in [1.165, 1.54) is 19.2 Å². The number of carbonyl (C=O) groups excluding carboxylic acids is 1. The van der Waals surface area contributed by atoms with Crippen LogP contribution < -0.4 is 16.3 Å². The summed E-state index contributed by atoms with van der Waals surface area (Å²) >= 11 is 1.90. The van der Waals surface area contributed by atoms with Crippen LogP contribution in [0.25, 0.3) is 0 Å². The summed E-state index contributed by atoms with van der Waals surface area (Å²) in [4.78, 5) is 21.7. The average molecular weight is 511 g/mol. The van der Waals surface area contributed by atoms with E-state index in [2.05, 4.69) is 15.6 Å². The predicted octanol–water partition coefficient (Wildman–Crippen LogP) is 2.76. The Morgan fingerprint density at radius 1 is 1.21 bits per heavy atom. The van der Waals surface area contributed by atoms with Gasteiger partial charge in [0.1, 0.15) is 5.82 Å². The highest BCUT2D eigenvalue weighted by Gasteiger charge is 2.23. The van der Waals surface area contributed by atoms with Gasteiger partial charge in [-0.3, -0.25) is 9.63 Å². The zero-order chi connectivity index (χ0) is 20.7. The van der Waals surface area contributed by atoms with Crippen molar-refractivity contribution in [1.29, 1.82) is 0 Å².